The first-order valence-electron chi connectivity index (χ1n) is 5.00. The zero-order valence-corrected chi connectivity index (χ0v) is 11.1. The quantitative estimate of drug-likeness (QED) is 0.759. The van der Waals surface area contributed by atoms with Crippen molar-refractivity contribution >= 4 is 28.8 Å². The van der Waals surface area contributed by atoms with E-state index in [0.29, 0.717) is 11.1 Å². The van der Waals surface area contributed by atoms with E-state index in [4.69, 9.17) is 4.52 Å². The second kappa shape index (κ2) is 3.70. The average Bonchev–Trinajstić information content (AvgIpc) is 2.28. The Kier molecular flexibility index (Phi) is 2.40. The van der Waals surface area contributed by atoms with Crippen molar-refractivity contribution in [3.8, 4) is 16.9 Å². The first kappa shape index (κ1) is 11.0. The second-order valence-corrected chi connectivity index (χ2v) is 6.39. The lowest BCUT2D eigenvalue weighted by molar-refractivity contribution is 0.392. The molecule has 1 N–H and O–H groups in total. The van der Waals surface area contributed by atoms with Crippen LogP contribution in [0, 0.1) is 0 Å². The molecule has 0 saturated carbocycles. The SMILES string of the molecule is O=P1(O)Oc2ccccc2-c2cc(Br)ccc21. The van der Waals surface area contributed by atoms with Crippen LogP contribution in [-0.2, 0) is 4.57 Å². The Bertz CT molecular complexity index is 654. The molecule has 0 radical (unpaired) electrons. The maximum atomic E-state index is 12.0. The third kappa shape index (κ3) is 1.73. The van der Waals surface area contributed by atoms with Crippen LogP contribution in [0.3, 0.4) is 0 Å². The number of para-hydroxylation sites is 1. The van der Waals surface area contributed by atoms with Crippen molar-refractivity contribution in [3.05, 3.63) is 46.9 Å². The molecule has 1 atom stereocenters. The van der Waals surface area contributed by atoms with Gasteiger partial charge in [0, 0.05) is 15.6 Å². The van der Waals surface area contributed by atoms with Crippen LogP contribution in [0.4, 0.5) is 0 Å². The van der Waals surface area contributed by atoms with Gasteiger partial charge >= 0.3 is 7.60 Å². The topological polar surface area (TPSA) is 46.5 Å². The minimum atomic E-state index is -3.75. The highest BCUT2D eigenvalue weighted by molar-refractivity contribution is 9.10. The van der Waals surface area contributed by atoms with Gasteiger partial charge in [-0.05, 0) is 24.3 Å². The van der Waals surface area contributed by atoms with E-state index in [1.165, 1.54) is 0 Å². The standard InChI is InChI=1S/C12H8BrO3P/c13-8-5-6-12-10(7-8)9-3-1-2-4-11(9)16-17(12,14)15/h1-7H,(H,14,15). The van der Waals surface area contributed by atoms with E-state index in [1.54, 1.807) is 24.3 Å². The van der Waals surface area contributed by atoms with E-state index >= 15 is 0 Å². The van der Waals surface area contributed by atoms with Gasteiger partial charge in [0.2, 0.25) is 0 Å². The number of benzene rings is 2. The third-order valence-electron chi connectivity index (χ3n) is 2.66. The number of hydrogen-bond acceptors (Lipinski definition) is 2. The molecule has 0 fully saturated rings. The minimum absolute atomic E-state index is 0.347. The Balaban J connectivity index is 2.38. The number of fused-ring (bicyclic) bond motifs is 3. The Morgan fingerprint density at radius 2 is 1.88 bits per heavy atom. The molecule has 2 aromatic carbocycles. The van der Waals surface area contributed by atoms with Crippen LogP contribution in [-0.4, -0.2) is 4.89 Å². The van der Waals surface area contributed by atoms with Crippen LogP contribution >= 0.6 is 23.5 Å². The smallest absolute Gasteiger partial charge is 0.408 e. The summed E-state index contributed by atoms with van der Waals surface area (Å²) in [6.07, 6.45) is 0. The zero-order valence-electron chi connectivity index (χ0n) is 8.63. The van der Waals surface area contributed by atoms with Crippen molar-refractivity contribution in [2.24, 2.45) is 0 Å². The van der Waals surface area contributed by atoms with E-state index in [0.717, 1.165) is 15.6 Å². The fourth-order valence-electron chi connectivity index (χ4n) is 1.92. The molecule has 0 spiro atoms. The van der Waals surface area contributed by atoms with Gasteiger partial charge in [0.25, 0.3) is 0 Å². The molecule has 17 heavy (non-hydrogen) atoms. The maximum Gasteiger partial charge on any atom is 0.408 e. The molecule has 1 aliphatic rings. The first-order chi connectivity index (χ1) is 8.08. The van der Waals surface area contributed by atoms with Gasteiger partial charge in [-0.25, -0.2) is 4.57 Å². The van der Waals surface area contributed by atoms with Crippen LogP contribution in [0.1, 0.15) is 0 Å². The molecule has 3 rings (SSSR count). The molecule has 5 heteroatoms. The fourth-order valence-corrected chi connectivity index (χ4v) is 3.56. The monoisotopic (exact) mass is 310 g/mol. The van der Waals surface area contributed by atoms with Gasteiger partial charge in [-0.15, -0.1) is 0 Å². The van der Waals surface area contributed by atoms with Crippen LogP contribution < -0.4 is 9.83 Å². The van der Waals surface area contributed by atoms with Crippen molar-refractivity contribution in [3.63, 3.8) is 0 Å². The molecule has 2 aromatic rings. The predicted octanol–water partition coefficient (Wildman–Crippen LogP) is 3.32. The average molecular weight is 311 g/mol. The van der Waals surface area contributed by atoms with Crippen LogP contribution in [0.25, 0.3) is 11.1 Å². The Hall–Kier alpha value is -1.09. The van der Waals surface area contributed by atoms with E-state index in [9.17, 15) is 9.46 Å². The number of halogens is 1. The summed E-state index contributed by atoms with van der Waals surface area (Å²) >= 11 is 3.37. The highest BCUT2D eigenvalue weighted by Crippen LogP contribution is 2.51. The van der Waals surface area contributed by atoms with Gasteiger partial charge < -0.3 is 9.42 Å². The molecule has 0 saturated heterocycles. The van der Waals surface area contributed by atoms with E-state index in [1.807, 2.05) is 18.2 Å². The molecular formula is C12H8BrO3P. The summed E-state index contributed by atoms with van der Waals surface area (Å²) in [5.74, 6) is 0.448. The van der Waals surface area contributed by atoms with Gasteiger partial charge in [-0.2, -0.15) is 0 Å². The van der Waals surface area contributed by atoms with Gasteiger partial charge in [-0.3, -0.25) is 0 Å². The summed E-state index contributed by atoms with van der Waals surface area (Å²) < 4.78 is 18.1. The first-order valence-corrected chi connectivity index (χ1v) is 7.37. The van der Waals surface area contributed by atoms with Crippen molar-refractivity contribution in [1.82, 2.24) is 0 Å². The molecule has 0 amide bonds. The van der Waals surface area contributed by atoms with Crippen molar-refractivity contribution in [2.45, 2.75) is 0 Å². The summed E-state index contributed by atoms with van der Waals surface area (Å²) in [5, 5.41) is 0.347. The van der Waals surface area contributed by atoms with Gasteiger partial charge in [0.1, 0.15) is 5.75 Å². The van der Waals surface area contributed by atoms with Gasteiger partial charge in [0.05, 0.1) is 5.30 Å². The predicted molar refractivity (Wildman–Crippen MR) is 69.7 cm³/mol. The summed E-state index contributed by atoms with van der Waals surface area (Å²) in [5.41, 5.74) is 1.58. The Morgan fingerprint density at radius 1 is 1.12 bits per heavy atom. The molecule has 0 aromatic heterocycles. The van der Waals surface area contributed by atoms with Crippen molar-refractivity contribution in [2.75, 3.05) is 0 Å². The van der Waals surface area contributed by atoms with Gasteiger partial charge in [-0.1, -0.05) is 34.1 Å². The third-order valence-corrected chi connectivity index (χ3v) is 4.60. The molecule has 1 heterocycles. The van der Waals surface area contributed by atoms with Gasteiger partial charge in [0.15, 0.2) is 0 Å². The zero-order chi connectivity index (χ0) is 12.0. The van der Waals surface area contributed by atoms with E-state index < -0.39 is 7.60 Å². The Labute approximate surface area is 107 Å². The summed E-state index contributed by atoms with van der Waals surface area (Å²) in [4.78, 5) is 9.88. The maximum absolute atomic E-state index is 12.0. The molecule has 0 bridgehead atoms. The van der Waals surface area contributed by atoms with Crippen molar-refractivity contribution < 1.29 is 14.0 Å². The number of rotatable bonds is 0. The van der Waals surface area contributed by atoms with Crippen LogP contribution in [0.15, 0.2) is 46.9 Å². The summed E-state index contributed by atoms with van der Waals surface area (Å²) in [6, 6.07) is 12.4. The molecule has 86 valence electrons. The lowest BCUT2D eigenvalue weighted by Crippen LogP contribution is -2.16. The highest BCUT2D eigenvalue weighted by atomic mass is 79.9. The normalized spacial score (nSPS) is 21.3. The lowest BCUT2D eigenvalue weighted by Gasteiger charge is -2.24. The van der Waals surface area contributed by atoms with E-state index in [2.05, 4.69) is 15.9 Å². The Morgan fingerprint density at radius 3 is 2.71 bits per heavy atom. The molecular weight excluding hydrogens is 303 g/mol. The molecule has 1 aliphatic heterocycles. The largest absolute Gasteiger partial charge is 0.421 e. The van der Waals surface area contributed by atoms with Crippen LogP contribution in [0.5, 0.6) is 5.75 Å². The van der Waals surface area contributed by atoms with Crippen molar-refractivity contribution in [1.29, 1.82) is 0 Å². The summed E-state index contributed by atoms with van der Waals surface area (Å²) in [7, 11) is -3.75. The van der Waals surface area contributed by atoms with E-state index in [-0.39, 0.29) is 0 Å². The molecule has 3 nitrogen and oxygen atoms in total. The summed E-state index contributed by atoms with van der Waals surface area (Å²) in [6.45, 7) is 0. The lowest BCUT2D eigenvalue weighted by atomic mass is 10.0. The minimum Gasteiger partial charge on any atom is -0.421 e. The second-order valence-electron chi connectivity index (χ2n) is 3.77. The number of hydrogen-bond donors (Lipinski definition) is 1. The fraction of sp³-hybridized carbons (Fsp3) is 0. The molecule has 0 aliphatic carbocycles. The highest BCUT2D eigenvalue weighted by Gasteiger charge is 2.34. The molecule has 1 unspecified atom stereocenters. The van der Waals surface area contributed by atoms with Crippen LogP contribution in [0.2, 0.25) is 0 Å².